The van der Waals surface area contributed by atoms with Crippen molar-refractivity contribution in [2.24, 2.45) is 7.05 Å². The molecule has 1 N–H and O–H groups in total. The molecule has 0 aliphatic rings. The lowest BCUT2D eigenvalue weighted by atomic mass is 10.3. The first-order valence-corrected chi connectivity index (χ1v) is 3.30. The summed E-state index contributed by atoms with van der Waals surface area (Å²) in [5.41, 5.74) is 1.19. The molecule has 0 unspecified atom stereocenters. The Bertz CT molecular complexity index is 316. The quantitative estimate of drug-likeness (QED) is 0.517. The number of aryl methyl sites for hydroxylation is 1. The lowest BCUT2D eigenvalue weighted by molar-refractivity contribution is -0.724. The molecule has 0 bridgehead atoms. The van der Waals surface area contributed by atoms with Crippen molar-refractivity contribution in [2.45, 2.75) is 0 Å². The van der Waals surface area contributed by atoms with Gasteiger partial charge in [0.15, 0.2) is 7.05 Å². The average molecular weight is 133 g/mol. The molecule has 1 aromatic carbocycles. The molecular formula is C8H9N2+. The van der Waals surface area contributed by atoms with E-state index >= 15 is 0 Å². The third-order valence-corrected chi connectivity index (χ3v) is 1.59. The van der Waals surface area contributed by atoms with Crippen LogP contribution in [0, 0.1) is 0 Å². The number of hydrogen-bond acceptors (Lipinski definition) is 0. The van der Waals surface area contributed by atoms with Gasteiger partial charge in [-0.05, 0) is 12.1 Å². The molecule has 1 aromatic heterocycles. The molecule has 50 valence electrons. The van der Waals surface area contributed by atoms with E-state index in [1.54, 1.807) is 0 Å². The number of hydrogen-bond donors (Lipinski definition) is 1. The first kappa shape index (κ1) is 5.47. The monoisotopic (exact) mass is 133 g/mol. The van der Waals surface area contributed by atoms with Gasteiger partial charge in [-0.15, -0.1) is 4.68 Å². The Morgan fingerprint density at radius 3 is 2.90 bits per heavy atom. The van der Waals surface area contributed by atoms with Crippen LogP contribution in [0.5, 0.6) is 0 Å². The van der Waals surface area contributed by atoms with Gasteiger partial charge in [-0.1, -0.05) is 12.1 Å². The van der Waals surface area contributed by atoms with Gasteiger partial charge in [-0.25, -0.2) is 0 Å². The molecule has 0 saturated heterocycles. The number of nitrogens with zero attached hydrogens (tertiary/aromatic N) is 1. The van der Waals surface area contributed by atoms with Crippen LogP contribution >= 0.6 is 0 Å². The summed E-state index contributed by atoms with van der Waals surface area (Å²) in [6, 6.07) is 8.22. The molecule has 1 heterocycles. The first-order chi connectivity index (χ1) is 4.86. The fourth-order valence-corrected chi connectivity index (χ4v) is 1.14. The van der Waals surface area contributed by atoms with Crippen molar-refractivity contribution < 1.29 is 4.68 Å². The van der Waals surface area contributed by atoms with Crippen molar-refractivity contribution in [3.63, 3.8) is 0 Å². The van der Waals surface area contributed by atoms with Gasteiger partial charge in [0.05, 0.1) is 5.39 Å². The lowest BCUT2D eigenvalue weighted by Crippen LogP contribution is -2.27. The van der Waals surface area contributed by atoms with E-state index < -0.39 is 0 Å². The van der Waals surface area contributed by atoms with Crippen molar-refractivity contribution >= 4 is 10.9 Å². The maximum absolute atomic E-state index is 3.18. The van der Waals surface area contributed by atoms with Crippen LogP contribution < -0.4 is 4.68 Å². The zero-order valence-corrected chi connectivity index (χ0v) is 5.83. The van der Waals surface area contributed by atoms with Crippen molar-refractivity contribution in [3.8, 4) is 0 Å². The van der Waals surface area contributed by atoms with Crippen LogP contribution in [0.15, 0.2) is 30.5 Å². The molecule has 0 fully saturated rings. The summed E-state index contributed by atoms with van der Waals surface area (Å²) in [6.45, 7) is 0. The molecule has 2 aromatic rings. The predicted octanol–water partition coefficient (Wildman–Crippen LogP) is 0.992. The van der Waals surface area contributed by atoms with Gasteiger partial charge in [0, 0.05) is 0 Å². The normalized spacial score (nSPS) is 10.5. The van der Waals surface area contributed by atoms with E-state index in [2.05, 4.69) is 23.4 Å². The average Bonchev–Trinajstić information content (AvgIpc) is 2.27. The van der Waals surface area contributed by atoms with Gasteiger partial charge in [0.2, 0.25) is 6.20 Å². The number of fused-ring (bicyclic) bond motifs is 1. The van der Waals surface area contributed by atoms with Gasteiger partial charge in [0.25, 0.3) is 0 Å². The Kier molecular flexibility index (Phi) is 1.01. The van der Waals surface area contributed by atoms with Crippen LogP contribution in [0.2, 0.25) is 0 Å². The molecule has 2 heteroatoms. The fourth-order valence-electron chi connectivity index (χ4n) is 1.14. The van der Waals surface area contributed by atoms with E-state index in [9.17, 15) is 0 Å². The third-order valence-electron chi connectivity index (χ3n) is 1.59. The number of para-hydroxylation sites is 1. The maximum atomic E-state index is 3.18. The van der Waals surface area contributed by atoms with Gasteiger partial charge in [-0.2, -0.15) is 5.10 Å². The van der Waals surface area contributed by atoms with Crippen LogP contribution in [0.25, 0.3) is 10.9 Å². The summed E-state index contributed by atoms with van der Waals surface area (Å²) < 4.78 is 1.95. The van der Waals surface area contributed by atoms with Crippen molar-refractivity contribution in [1.82, 2.24) is 5.10 Å². The zero-order valence-electron chi connectivity index (χ0n) is 5.83. The molecule has 0 aliphatic carbocycles. The lowest BCUT2D eigenvalue weighted by Gasteiger charge is -1.78. The van der Waals surface area contributed by atoms with Crippen molar-refractivity contribution in [3.05, 3.63) is 30.5 Å². The summed E-state index contributed by atoms with van der Waals surface area (Å²) >= 11 is 0. The van der Waals surface area contributed by atoms with E-state index in [1.807, 2.05) is 23.9 Å². The third kappa shape index (κ3) is 0.692. The molecule has 0 amide bonds. The minimum atomic E-state index is 1.19. The van der Waals surface area contributed by atoms with Gasteiger partial charge >= 0.3 is 0 Å². The van der Waals surface area contributed by atoms with E-state index in [-0.39, 0.29) is 0 Å². The minimum Gasteiger partial charge on any atom is -0.165 e. The summed E-state index contributed by atoms with van der Waals surface area (Å²) in [4.78, 5) is 0. The number of H-pyrrole nitrogens is 1. The Hall–Kier alpha value is -1.31. The molecule has 0 aliphatic heterocycles. The molecule has 2 rings (SSSR count). The van der Waals surface area contributed by atoms with E-state index in [4.69, 9.17) is 0 Å². The highest BCUT2D eigenvalue weighted by Gasteiger charge is 1.98. The number of benzene rings is 1. The Balaban J connectivity index is 2.88. The molecule has 0 radical (unpaired) electrons. The highest BCUT2D eigenvalue weighted by atomic mass is 15.2. The number of rotatable bonds is 0. The summed E-state index contributed by atoms with van der Waals surface area (Å²) in [5, 5.41) is 4.43. The Labute approximate surface area is 59.1 Å². The van der Waals surface area contributed by atoms with Gasteiger partial charge < -0.3 is 0 Å². The van der Waals surface area contributed by atoms with E-state index in [0.717, 1.165) is 0 Å². The zero-order chi connectivity index (χ0) is 6.97. The van der Waals surface area contributed by atoms with Crippen LogP contribution in [0.1, 0.15) is 0 Å². The fraction of sp³-hybridized carbons (Fsp3) is 0.125. The second kappa shape index (κ2) is 1.84. The Morgan fingerprint density at radius 2 is 2.10 bits per heavy atom. The molecule has 0 saturated carbocycles. The highest BCUT2D eigenvalue weighted by Crippen LogP contribution is 2.06. The maximum Gasteiger partial charge on any atom is 0.202 e. The largest absolute Gasteiger partial charge is 0.202 e. The molecule has 0 atom stereocenters. The number of aromatic nitrogens is 2. The summed E-state index contributed by atoms with van der Waals surface area (Å²) in [5.74, 6) is 0. The minimum absolute atomic E-state index is 1.19. The van der Waals surface area contributed by atoms with Crippen LogP contribution in [-0.2, 0) is 7.05 Å². The SMILES string of the molecule is C[n+]1cc2ccccc2[nH]1. The standard InChI is InChI=1S/C8H8N2/c1-10-6-7-4-2-3-5-8(7)9-10/h2-6H,1H3/p+1. The smallest absolute Gasteiger partial charge is 0.165 e. The van der Waals surface area contributed by atoms with Crippen molar-refractivity contribution in [1.29, 1.82) is 0 Å². The number of nitrogens with one attached hydrogen (secondary N) is 1. The van der Waals surface area contributed by atoms with Gasteiger partial charge in [0.1, 0.15) is 5.52 Å². The van der Waals surface area contributed by atoms with Crippen molar-refractivity contribution in [2.75, 3.05) is 0 Å². The van der Waals surface area contributed by atoms with Crippen LogP contribution in [0.4, 0.5) is 0 Å². The second-order valence-corrected chi connectivity index (χ2v) is 2.44. The van der Waals surface area contributed by atoms with Crippen LogP contribution in [0.3, 0.4) is 0 Å². The van der Waals surface area contributed by atoms with E-state index in [0.29, 0.717) is 0 Å². The van der Waals surface area contributed by atoms with Gasteiger partial charge in [-0.3, -0.25) is 0 Å². The first-order valence-electron chi connectivity index (χ1n) is 3.30. The second-order valence-electron chi connectivity index (χ2n) is 2.44. The number of aromatic amines is 1. The summed E-state index contributed by atoms with van der Waals surface area (Å²) in [6.07, 6.45) is 2.06. The molecule has 0 spiro atoms. The predicted molar refractivity (Wildman–Crippen MR) is 39.5 cm³/mol. The topological polar surface area (TPSA) is 19.7 Å². The van der Waals surface area contributed by atoms with Crippen LogP contribution in [-0.4, -0.2) is 5.10 Å². The molecule has 10 heavy (non-hydrogen) atoms. The Morgan fingerprint density at radius 1 is 1.30 bits per heavy atom. The molecular weight excluding hydrogens is 124 g/mol. The highest BCUT2D eigenvalue weighted by molar-refractivity contribution is 5.76. The van der Waals surface area contributed by atoms with E-state index in [1.165, 1.54) is 10.9 Å². The summed E-state index contributed by atoms with van der Waals surface area (Å²) in [7, 11) is 1.99. The molecule has 2 nitrogen and oxygen atoms in total.